The lowest BCUT2D eigenvalue weighted by atomic mass is 9.83. The first kappa shape index (κ1) is 16.0. The van der Waals surface area contributed by atoms with E-state index in [9.17, 15) is 0 Å². The third kappa shape index (κ3) is 3.28. The second kappa shape index (κ2) is 7.51. The first-order chi connectivity index (χ1) is 9.18. The van der Waals surface area contributed by atoms with Crippen molar-refractivity contribution in [1.29, 1.82) is 0 Å². The third-order valence-corrected chi connectivity index (χ3v) is 3.95. The van der Waals surface area contributed by atoms with Crippen LogP contribution in [0.3, 0.4) is 0 Å². The highest BCUT2D eigenvalue weighted by Gasteiger charge is 2.37. The lowest BCUT2D eigenvalue weighted by molar-refractivity contribution is -0.0473. The van der Waals surface area contributed by atoms with Gasteiger partial charge in [0.1, 0.15) is 5.75 Å². The first-order valence-corrected chi connectivity index (χ1v) is 7.13. The van der Waals surface area contributed by atoms with Crippen LogP contribution in [-0.4, -0.2) is 26.4 Å². The summed E-state index contributed by atoms with van der Waals surface area (Å²) in [5.41, 5.74) is 0.958. The van der Waals surface area contributed by atoms with E-state index in [0.717, 1.165) is 24.2 Å². The van der Waals surface area contributed by atoms with Gasteiger partial charge < -0.3 is 14.8 Å². The lowest BCUT2D eigenvalue weighted by Crippen LogP contribution is -2.43. The zero-order chi connectivity index (χ0) is 14.3. The number of likely N-dealkylation sites (N-methyl/N-ethyl adjacent to an activating group) is 1. The Morgan fingerprint density at radius 2 is 1.79 bits per heavy atom. The monoisotopic (exact) mass is 265 g/mol. The van der Waals surface area contributed by atoms with Crippen LogP contribution in [0.2, 0.25) is 0 Å². The van der Waals surface area contributed by atoms with Gasteiger partial charge in [-0.15, -0.1) is 0 Å². The Balaban J connectivity index is 3.22. The fourth-order valence-electron chi connectivity index (χ4n) is 2.77. The predicted molar refractivity (Wildman–Crippen MR) is 79.7 cm³/mol. The molecule has 0 aliphatic carbocycles. The van der Waals surface area contributed by atoms with Crippen molar-refractivity contribution in [3.05, 3.63) is 29.8 Å². The van der Waals surface area contributed by atoms with E-state index in [4.69, 9.17) is 9.47 Å². The molecule has 0 aliphatic heterocycles. The number of hydrogen-bond acceptors (Lipinski definition) is 3. The lowest BCUT2D eigenvalue weighted by Gasteiger charge is -2.39. The van der Waals surface area contributed by atoms with Crippen molar-refractivity contribution in [2.24, 2.45) is 0 Å². The molecule has 0 bridgehead atoms. The molecule has 1 aromatic rings. The zero-order valence-electron chi connectivity index (χ0n) is 12.8. The molecule has 0 aliphatic rings. The molecule has 0 saturated carbocycles. The van der Waals surface area contributed by atoms with Crippen LogP contribution in [0, 0.1) is 0 Å². The minimum atomic E-state index is -0.206. The summed E-state index contributed by atoms with van der Waals surface area (Å²) in [5, 5.41) is 3.41. The van der Waals surface area contributed by atoms with E-state index in [2.05, 4.69) is 25.2 Å². The van der Waals surface area contributed by atoms with Crippen LogP contribution >= 0.6 is 0 Å². The van der Waals surface area contributed by atoms with Crippen LogP contribution in [0.4, 0.5) is 0 Å². The van der Waals surface area contributed by atoms with Gasteiger partial charge in [-0.3, -0.25) is 0 Å². The Morgan fingerprint density at radius 1 is 1.16 bits per heavy atom. The molecule has 1 aromatic carbocycles. The molecule has 0 heterocycles. The zero-order valence-corrected chi connectivity index (χ0v) is 12.8. The van der Waals surface area contributed by atoms with Gasteiger partial charge in [-0.1, -0.05) is 32.0 Å². The first-order valence-electron chi connectivity index (χ1n) is 7.13. The van der Waals surface area contributed by atoms with Crippen molar-refractivity contribution in [2.75, 3.05) is 20.8 Å². The molecule has 19 heavy (non-hydrogen) atoms. The summed E-state index contributed by atoms with van der Waals surface area (Å²) in [6.45, 7) is 7.02. The molecule has 1 rings (SSSR count). The summed E-state index contributed by atoms with van der Waals surface area (Å²) in [6, 6.07) is 8.32. The maximum absolute atomic E-state index is 5.86. The minimum absolute atomic E-state index is 0.121. The number of hydrogen-bond donors (Lipinski definition) is 1. The summed E-state index contributed by atoms with van der Waals surface area (Å²) in [6.07, 6.45) is 1.90. The molecule has 0 saturated heterocycles. The molecule has 0 spiro atoms. The Hall–Kier alpha value is -1.06. The summed E-state index contributed by atoms with van der Waals surface area (Å²) < 4.78 is 11.6. The molecule has 0 radical (unpaired) electrons. The van der Waals surface area contributed by atoms with E-state index in [1.54, 1.807) is 7.11 Å². The summed E-state index contributed by atoms with van der Waals surface area (Å²) in [7, 11) is 3.77. The molecule has 3 nitrogen and oxygen atoms in total. The Kier molecular flexibility index (Phi) is 6.32. The van der Waals surface area contributed by atoms with Crippen molar-refractivity contribution in [3.8, 4) is 5.75 Å². The molecule has 1 N–H and O–H groups in total. The van der Waals surface area contributed by atoms with Gasteiger partial charge in [-0.2, -0.15) is 0 Å². The fraction of sp³-hybridized carbons (Fsp3) is 0.625. The summed E-state index contributed by atoms with van der Waals surface area (Å²) in [4.78, 5) is 0. The van der Waals surface area contributed by atoms with Gasteiger partial charge in [0.15, 0.2) is 0 Å². The van der Waals surface area contributed by atoms with E-state index < -0.39 is 0 Å². The standard InChI is InChI=1S/C16H27NO2/c1-6-16(7-2,18-5)15(17-4)13-11-9-10-12-14(13)19-8-3/h9-12,15,17H,6-8H2,1-5H3. The Labute approximate surface area is 117 Å². The van der Waals surface area contributed by atoms with Crippen molar-refractivity contribution in [1.82, 2.24) is 5.32 Å². The van der Waals surface area contributed by atoms with E-state index in [1.165, 1.54) is 0 Å². The van der Waals surface area contributed by atoms with E-state index in [1.807, 2.05) is 32.2 Å². The topological polar surface area (TPSA) is 30.5 Å². The quantitative estimate of drug-likeness (QED) is 0.779. The molecule has 0 aromatic heterocycles. The fourth-order valence-corrected chi connectivity index (χ4v) is 2.77. The van der Waals surface area contributed by atoms with Crippen molar-refractivity contribution < 1.29 is 9.47 Å². The summed E-state index contributed by atoms with van der Waals surface area (Å²) in [5.74, 6) is 0.938. The van der Waals surface area contributed by atoms with E-state index in [0.29, 0.717) is 6.61 Å². The Morgan fingerprint density at radius 3 is 2.26 bits per heavy atom. The molecular weight excluding hydrogens is 238 g/mol. The highest BCUT2D eigenvalue weighted by atomic mass is 16.5. The normalized spacial score (nSPS) is 13.3. The number of para-hydroxylation sites is 1. The van der Waals surface area contributed by atoms with Gasteiger partial charge in [0.05, 0.1) is 18.2 Å². The number of rotatable bonds is 8. The maximum Gasteiger partial charge on any atom is 0.124 e. The predicted octanol–water partition coefficient (Wildman–Crippen LogP) is 3.55. The van der Waals surface area contributed by atoms with Gasteiger partial charge in [0.2, 0.25) is 0 Å². The smallest absolute Gasteiger partial charge is 0.124 e. The second-order valence-corrected chi connectivity index (χ2v) is 4.67. The number of benzene rings is 1. The molecule has 3 heteroatoms. The molecule has 108 valence electrons. The van der Waals surface area contributed by atoms with Gasteiger partial charge in [0.25, 0.3) is 0 Å². The highest BCUT2D eigenvalue weighted by molar-refractivity contribution is 5.37. The molecular formula is C16H27NO2. The largest absolute Gasteiger partial charge is 0.494 e. The number of nitrogens with one attached hydrogen (secondary N) is 1. The van der Waals surface area contributed by atoms with Gasteiger partial charge in [0, 0.05) is 12.7 Å². The average molecular weight is 265 g/mol. The second-order valence-electron chi connectivity index (χ2n) is 4.67. The Bertz CT molecular complexity index is 367. The molecule has 1 unspecified atom stereocenters. The van der Waals surface area contributed by atoms with Gasteiger partial charge in [-0.25, -0.2) is 0 Å². The van der Waals surface area contributed by atoms with Crippen molar-refractivity contribution in [3.63, 3.8) is 0 Å². The maximum atomic E-state index is 5.86. The minimum Gasteiger partial charge on any atom is -0.494 e. The number of ether oxygens (including phenoxy) is 2. The summed E-state index contributed by atoms with van der Waals surface area (Å²) >= 11 is 0. The average Bonchev–Trinajstić information content (AvgIpc) is 2.46. The van der Waals surface area contributed by atoms with Crippen molar-refractivity contribution in [2.45, 2.75) is 45.3 Å². The van der Waals surface area contributed by atoms with Crippen LogP contribution in [-0.2, 0) is 4.74 Å². The molecule has 0 fully saturated rings. The molecule has 0 amide bonds. The van der Waals surface area contributed by atoms with E-state index >= 15 is 0 Å². The van der Waals surface area contributed by atoms with Crippen LogP contribution in [0.5, 0.6) is 5.75 Å². The van der Waals surface area contributed by atoms with E-state index in [-0.39, 0.29) is 11.6 Å². The van der Waals surface area contributed by atoms with Crippen LogP contribution in [0.15, 0.2) is 24.3 Å². The van der Waals surface area contributed by atoms with Gasteiger partial charge >= 0.3 is 0 Å². The van der Waals surface area contributed by atoms with Crippen LogP contribution in [0.25, 0.3) is 0 Å². The van der Waals surface area contributed by atoms with Crippen LogP contribution in [0.1, 0.15) is 45.2 Å². The van der Waals surface area contributed by atoms with Crippen LogP contribution < -0.4 is 10.1 Å². The van der Waals surface area contributed by atoms with Gasteiger partial charge in [-0.05, 0) is 32.9 Å². The van der Waals surface area contributed by atoms with Crippen molar-refractivity contribution >= 4 is 0 Å². The highest BCUT2D eigenvalue weighted by Crippen LogP contribution is 2.38. The SMILES string of the molecule is CCOc1ccccc1C(NC)C(CC)(CC)OC. The third-order valence-electron chi connectivity index (χ3n) is 3.95. The number of methoxy groups -OCH3 is 1. The molecule has 1 atom stereocenters.